The van der Waals surface area contributed by atoms with Crippen LogP contribution in [0, 0.1) is 0 Å². The smallest absolute Gasteiger partial charge is 0.252 e. The summed E-state index contributed by atoms with van der Waals surface area (Å²) in [4.78, 5) is 11.8. The van der Waals surface area contributed by atoms with Gasteiger partial charge in [0.25, 0.3) is 5.91 Å². The lowest BCUT2D eigenvalue weighted by atomic mass is 10.2. The highest BCUT2D eigenvalue weighted by Gasteiger charge is 2.12. The molecule has 0 heterocycles. The highest BCUT2D eigenvalue weighted by atomic mass is 79.9. The van der Waals surface area contributed by atoms with Crippen LogP contribution in [0.15, 0.2) is 22.7 Å². The Morgan fingerprint density at radius 3 is 2.88 bits per heavy atom. The Kier molecular flexibility index (Phi) is 5.44. The minimum atomic E-state index is -0.511. The number of halogens is 1. The Bertz CT molecular complexity index is 395. The number of aliphatic hydroxyl groups excluding tert-OH is 1. The molecule has 1 aromatic carbocycles. The van der Waals surface area contributed by atoms with Crippen molar-refractivity contribution in [2.24, 2.45) is 0 Å². The van der Waals surface area contributed by atoms with E-state index in [4.69, 9.17) is 4.74 Å². The van der Waals surface area contributed by atoms with Crippen LogP contribution in [0.2, 0.25) is 0 Å². The number of carbonyl (C=O) groups is 1. The fourth-order valence-corrected chi connectivity index (χ4v) is 1.68. The quantitative estimate of drug-likeness (QED) is 0.874. The number of nitrogens with one attached hydrogen (secondary N) is 1. The molecular weight excluding hydrogens is 286 g/mol. The zero-order valence-electron chi connectivity index (χ0n) is 9.87. The van der Waals surface area contributed by atoms with Crippen molar-refractivity contribution in [1.29, 1.82) is 0 Å². The maximum atomic E-state index is 11.8. The highest BCUT2D eigenvalue weighted by molar-refractivity contribution is 9.10. The Morgan fingerprint density at radius 2 is 2.29 bits per heavy atom. The molecule has 0 aliphatic carbocycles. The zero-order valence-corrected chi connectivity index (χ0v) is 11.5. The Hall–Kier alpha value is -1.07. The van der Waals surface area contributed by atoms with Crippen LogP contribution in [-0.2, 0) is 0 Å². The van der Waals surface area contributed by atoms with E-state index in [2.05, 4.69) is 21.2 Å². The first-order valence-corrected chi connectivity index (χ1v) is 6.17. The maximum absolute atomic E-state index is 11.8. The molecule has 4 nitrogen and oxygen atoms in total. The predicted octanol–water partition coefficient (Wildman–Crippen LogP) is 1.96. The lowest BCUT2D eigenvalue weighted by Gasteiger charge is -2.11. The van der Waals surface area contributed by atoms with Gasteiger partial charge in [-0.3, -0.25) is 4.79 Å². The van der Waals surface area contributed by atoms with Gasteiger partial charge in [0.2, 0.25) is 0 Å². The number of methoxy groups -OCH3 is 1. The Labute approximate surface area is 109 Å². The molecule has 0 radical (unpaired) electrons. The summed E-state index contributed by atoms with van der Waals surface area (Å²) in [6.45, 7) is 2.11. The number of hydrogen-bond acceptors (Lipinski definition) is 3. The van der Waals surface area contributed by atoms with Gasteiger partial charge in [-0.1, -0.05) is 6.92 Å². The van der Waals surface area contributed by atoms with Crippen LogP contribution < -0.4 is 10.1 Å². The number of amides is 1. The summed E-state index contributed by atoms with van der Waals surface area (Å²) >= 11 is 3.31. The van der Waals surface area contributed by atoms with E-state index < -0.39 is 6.10 Å². The van der Waals surface area contributed by atoms with Gasteiger partial charge in [-0.05, 0) is 40.5 Å². The summed E-state index contributed by atoms with van der Waals surface area (Å²) in [5.41, 5.74) is 0.493. The lowest BCUT2D eigenvalue weighted by Crippen LogP contribution is -2.31. The van der Waals surface area contributed by atoms with Crippen molar-refractivity contribution in [3.63, 3.8) is 0 Å². The fraction of sp³-hybridized carbons (Fsp3) is 0.417. The van der Waals surface area contributed by atoms with E-state index in [9.17, 15) is 9.90 Å². The molecule has 1 atom stereocenters. The van der Waals surface area contributed by atoms with Gasteiger partial charge in [-0.15, -0.1) is 0 Å². The van der Waals surface area contributed by atoms with Crippen LogP contribution in [-0.4, -0.2) is 30.8 Å². The number of hydrogen-bond donors (Lipinski definition) is 2. The van der Waals surface area contributed by atoms with Gasteiger partial charge in [0.15, 0.2) is 0 Å². The number of benzene rings is 1. The van der Waals surface area contributed by atoms with Crippen molar-refractivity contribution >= 4 is 21.8 Å². The lowest BCUT2D eigenvalue weighted by molar-refractivity contribution is 0.0913. The van der Waals surface area contributed by atoms with Crippen molar-refractivity contribution in [2.45, 2.75) is 19.4 Å². The molecule has 0 saturated carbocycles. The monoisotopic (exact) mass is 301 g/mol. The first-order chi connectivity index (χ1) is 8.08. The van der Waals surface area contributed by atoms with E-state index in [0.29, 0.717) is 22.2 Å². The van der Waals surface area contributed by atoms with Crippen molar-refractivity contribution in [3.8, 4) is 5.75 Å². The van der Waals surface area contributed by atoms with Gasteiger partial charge in [0.05, 0.1) is 18.8 Å². The second-order valence-corrected chi connectivity index (χ2v) is 4.47. The molecule has 0 bridgehead atoms. The summed E-state index contributed by atoms with van der Waals surface area (Å²) in [7, 11) is 1.55. The van der Waals surface area contributed by atoms with E-state index in [1.807, 2.05) is 6.92 Å². The molecule has 1 amide bonds. The molecule has 1 aromatic rings. The van der Waals surface area contributed by atoms with Crippen LogP contribution in [0.25, 0.3) is 0 Å². The second-order valence-electron chi connectivity index (χ2n) is 3.62. The maximum Gasteiger partial charge on any atom is 0.252 e. The largest absolute Gasteiger partial charge is 0.497 e. The zero-order chi connectivity index (χ0) is 12.8. The summed E-state index contributed by atoms with van der Waals surface area (Å²) in [5.74, 6) is 0.387. The topological polar surface area (TPSA) is 58.6 Å². The van der Waals surface area contributed by atoms with Crippen molar-refractivity contribution in [1.82, 2.24) is 5.32 Å². The summed E-state index contributed by atoms with van der Waals surface area (Å²) < 4.78 is 5.75. The van der Waals surface area contributed by atoms with Gasteiger partial charge < -0.3 is 15.2 Å². The predicted molar refractivity (Wildman–Crippen MR) is 69.3 cm³/mol. The molecule has 5 heteroatoms. The molecule has 94 valence electrons. The molecule has 0 saturated heterocycles. The van der Waals surface area contributed by atoms with E-state index in [1.165, 1.54) is 0 Å². The van der Waals surface area contributed by atoms with Crippen LogP contribution in [0.1, 0.15) is 23.7 Å². The molecule has 17 heavy (non-hydrogen) atoms. The number of ether oxygens (including phenoxy) is 1. The van der Waals surface area contributed by atoms with Crippen LogP contribution in [0.5, 0.6) is 5.75 Å². The number of rotatable bonds is 5. The summed E-state index contributed by atoms with van der Waals surface area (Å²) in [6.07, 6.45) is 0.0999. The van der Waals surface area contributed by atoms with Gasteiger partial charge in [-0.2, -0.15) is 0 Å². The third-order valence-electron chi connectivity index (χ3n) is 2.39. The number of aliphatic hydroxyl groups is 1. The van der Waals surface area contributed by atoms with Crippen molar-refractivity contribution < 1.29 is 14.6 Å². The third-order valence-corrected chi connectivity index (χ3v) is 3.08. The minimum absolute atomic E-state index is 0.233. The summed E-state index contributed by atoms with van der Waals surface area (Å²) in [6, 6.07) is 5.17. The molecular formula is C12H16BrNO3. The van der Waals surface area contributed by atoms with E-state index >= 15 is 0 Å². The molecule has 2 N–H and O–H groups in total. The van der Waals surface area contributed by atoms with Gasteiger partial charge in [0, 0.05) is 11.0 Å². The van der Waals surface area contributed by atoms with Crippen LogP contribution in [0.4, 0.5) is 0 Å². The second kappa shape index (κ2) is 6.61. The molecule has 0 aliphatic heterocycles. The molecule has 1 rings (SSSR count). The first kappa shape index (κ1) is 14.0. The van der Waals surface area contributed by atoms with Crippen LogP contribution >= 0.6 is 15.9 Å². The molecule has 0 fully saturated rings. The average Bonchev–Trinajstić information content (AvgIpc) is 2.36. The third kappa shape index (κ3) is 4.02. The van der Waals surface area contributed by atoms with E-state index in [1.54, 1.807) is 25.3 Å². The molecule has 0 spiro atoms. The Morgan fingerprint density at radius 1 is 1.59 bits per heavy atom. The SMILES string of the molecule is CC[C@H](O)CNC(=O)c1cc(OC)ccc1Br. The van der Waals surface area contributed by atoms with Crippen molar-refractivity contribution in [2.75, 3.05) is 13.7 Å². The highest BCUT2D eigenvalue weighted by Crippen LogP contribution is 2.22. The Balaban J connectivity index is 2.74. The van der Waals surface area contributed by atoms with E-state index in [0.717, 1.165) is 0 Å². The van der Waals surface area contributed by atoms with Gasteiger partial charge in [-0.25, -0.2) is 0 Å². The fourth-order valence-electron chi connectivity index (χ4n) is 1.26. The summed E-state index contributed by atoms with van der Waals surface area (Å²) in [5, 5.41) is 12.0. The van der Waals surface area contributed by atoms with Gasteiger partial charge >= 0.3 is 0 Å². The minimum Gasteiger partial charge on any atom is -0.497 e. The van der Waals surface area contributed by atoms with Gasteiger partial charge in [0.1, 0.15) is 5.75 Å². The number of carbonyl (C=O) groups excluding carboxylic acids is 1. The first-order valence-electron chi connectivity index (χ1n) is 5.38. The van der Waals surface area contributed by atoms with Crippen molar-refractivity contribution in [3.05, 3.63) is 28.2 Å². The average molecular weight is 302 g/mol. The molecule has 0 aromatic heterocycles. The standard InChI is InChI=1S/C12H16BrNO3/c1-3-8(15)7-14-12(16)10-6-9(17-2)4-5-11(10)13/h4-6,8,15H,3,7H2,1-2H3,(H,14,16)/t8-/m0/s1. The van der Waals surface area contributed by atoms with Crippen LogP contribution in [0.3, 0.4) is 0 Å². The normalized spacial score (nSPS) is 12.0. The molecule has 0 aliphatic rings. The van der Waals surface area contributed by atoms with E-state index in [-0.39, 0.29) is 12.5 Å². The molecule has 0 unspecified atom stereocenters.